The van der Waals surface area contributed by atoms with Crippen LogP contribution in [0.3, 0.4) is 0 Å². The van der Waals surface area contributed by atoms with Gasteiger partial charge in [0.2, 0.25) is 0 Å². The first-order valence-corrected chi connectivity index (χ1v) is 4.95. The van der Waals surface area contributed by atoms with Crippen molar-refractivity contribution in [2.75, 3.05) is 26.5 Å². The summed E-state index contributed by atoms with van der Waals surface area (Å²) < 4.78 is 5.35. The zero-order valence-electron chi connectivity index (χ0n) is 9.69. The van der Waals surface area contributed by atoms with Crippen molar-refractivity contribution >= 4 is 11.6 Å². The smallest absolute Gasteiger partial charge is 0.283 e. The average molecular weight is 224 g/mol. The van der Waals surface area contributed by atoms with Crippen LogP contribution in [0.2, 0.25) is 0 Å². The lowest BCUT2D eigenvalue weighted by molar-refractivity contribution is -0.0757. The Morgan fingerprint density at radius 1 is 1.50 bits per heavy atom. The lowest BCUT2D eigenvalue weighted by atomic mass is 10.1. The van der Waals surface area contributed by atoms with Gasteiger partial charge in [0, 0.05) is 12.7 Å². The fourth-order valence-corrected chi connectivity index (χ4v) is 1.29. The molecule has 1 amide bonds. The van der Waals surface area contributed by atoms with Gasteiger partial charge in [0.1, 0.15) is 11.3 Å². The Morgan fingerprint density at radius 2 is 2.19 bits per heavy atom. The number of rotatable bonds is 4. The fraction of sp³-hybridized carbons (Fsp3) is 0.364. The van der Waals surface area contributed by atoms with Crippen LogP contribution in [-0.2, 0) is 4.84 Å². The molecule has 1 aromatic carbocycles. The summed E-state index contributed by atoms with van der Waals surface area (Å²) in [5.41, 5.74) is 6.46. The van der Waals surface area contributed by atoms with E-state index in [2.05, 4.69) is 0 Å². The molecule has 0 bridgehead atoms. The zero-order valence-corrected chi connectivity index (χ0v) is 9.69. The molecule has 0 aromatic heterocycles. The molecule has 0 atom stereocenters. The van der Waals surface area contributed by atoms with E-state index in [9.17, 15) is 4.79 Å². The third kappa shape index (κ3) is 2.43. The molecule has 0 aliphatic heterocycles. The van der Waals surface area contributed by atoms with Crippen LogP contribution < -0.4 is 10.5 Å². The van der Waals surface area contributed by atoms with Gasteiger partial charge in [-0.1, -0.05) is 6.07 Å². The Morgan fingerprint density at radius 3 is 2.75 bits per heavy atom. The van der Waals surface area contributed by atoms with E-state index in [0.717, 1.165) is 5.06 Å². The molecule has 16 heavy (non-hydrogen) atoms. The van der Waals surface area contributed by atoms with E-state index in [1.165, 1.54) is 14.2 Å². The third-order valence-corrected chi connectivity index (χ3v) is 2.13. The molecule has 0 spiro atoms. The van der Waals surface area contributed by atoms with Crippen molar-refractivity contribution in [3.8, 4) is 5.75 Å². The van der Waals surface area contributed by atoms with Gasteiger partial charge < -0.3 is 10.5 Å². The molecule has 2 N–H and O–H groups in total. The number of hydrogen-bond donors (Lipinski definition) is 1. The molecule has 0 heterocycles. The highest BCUT2D eigenvalue weighted by Crippen LogP contribution is 2.25. The van der Waals surface area contributed by atoms with Crippen molar-refractivity contribution in [3.05, 3.63) is 23.8 Å². The Hall–Kier alpha value is -1.75. The van der Waals surface area contributed by atoms with E-state index in [-0.39, 0.29) is 5.91 Å². The number of benzene rings is 1. The second-order valence-electron chi connectivity index (χ2n) is 3.14. The van der Waals surface area contributed by atoms with E-state index in [1.807, 2.05) is 6.92 Å². The minimum atomic E-state index is -0.330. The average Bonchev–Trinajstić information content (AvgIpc) is 2.28. The molecule has 1 aromatic rings. The number of amides is 1. The number of ether oxygens (including phenoxy) is 1. The van der Waals surface area contributed by atoms with Crippen LogP contribution in [0.25, 0.3) is 0 Å². The number of carbonyl (C=O) groups is 1. The van der Waals surface area contributed by atoms with E-state index in [0.29, 0.717) is 23.6 Å². The maximum atomic E-state index is 11.9. The summed E-state index contributed by atoms with van der Waals surface area (Å²) in [6.45, 7) is 2.32. The molecule has 0 saturated carbocycles. The van der Waals surface area contributed by atoms with Crippen molar-refractivity contribution in [2.45, 2.75) is 6.92 Å². The minimum absolute atomic E-state index is 0.328. The van der Waals surface area contributed by atoms with Crippen molar-refractivity contribution in [1.82, 2.24) is 5.06 Å². The van der Waals surface area contributed by atoms with Gasteiger partial charge in [0.05, 0.1) is 13.7 Å². The SMILES string of the molecule is CCOc1cccc(N)c1C(=O)N(C)OC. The minimum Gasteiger partial charge on any atom is -0.493 e. The second kappa shape index (κ2) is 5.37. The largest absolute Gasteiger partial charge is 0.493 e. The summed E-state index contributed by atoms with van der Waals surface area (Å²) in [5.74, 6) is 0.139. The van der Waals surface area contributed by atoms with Crippen LogP contribution >= 0.6 is 0 Å². The molecule has 1 rings (SSSR count). The van der Waals surface area contributed by atoms with Crippen LogP contribution in [0.4, 0.5) is 5.69 Å². The summed E-state index contributed by atoms with van der Waals surface area (Å²) in [6.07, 6.45) is 0. The van der Waals surface area contributed by atoms with Gasteiger partial charge in [0.15, 0.2) is 0 Å². The molecule has 0 radical (unpaired) electrons. The predicted octanol–water partition coefficient (Wildman–Crippen LogP) is 1.30. The molecule has 0 fully saturated rings. The van der Waals surface area contributed by atoms with E-state index < -0.39 is 0 Å². The number of hydroxylamine groups is 2. The zero-order chi connectivity index (χ0) is 12.1. The molecule has 5 nitrogen and oxygen atoms in total. The van der Waals surface area contributed by atoms with Crippen molar-refractivity contribution < 1.29 is 14.4 Å². The van der Waals surface area contributed by atoms with Crippen molar-refractivity contribution in [3.63, 3.8) is 0 Å². The Bertz CT molecular complexity index is 379. The van der Waals surface area contributed by atoms with E-state index in [1.54, 1.807) is 18.2 Å². The van der Waals surface area contributed by atoms with E-state index in [4.69, 9.17) is 15.3 Å². The van der Waals surface area contributed by atoms with Gasteiger partial charge in [-0.25, -0.2) is 5.06 Å². The van der Waals surface area contributed by atoms with Crippen LogP contribution in [0.1, 0.15) is 17.3 Å². The van der Waals surface area contributed by atoms with Gasteiger partial charge in [-0.05, 0) is 19.1 Å². The summed E-state index contributed by atoms with van der Waals surface area (Å²) in [6, 6.07) is 5.10. The first kappa shape index (κ1) is 12.3. The second-order valence-corrected chi connectivity index (χ2v) is 3.14. The highest BCUT2D eigenvalue weighted by atomic mass is 16.7. The molecule has 0 aliphatic carbocycles. The first-order chi connectivity index (χ1) is 7.61. The lowest BCUT2D eigenvalue weighted by Crippen LogP contribution is -2.26. The summed E-state index contributed by atoms with van der Waals surface area (Å²) in [5, 5.41) is 1.11. The fourth-order valence-electron chi connectivity index (χ4n) is 1.29. The molecule has 0 saturated heterocycles. The topological polar surface area (TPSA) is 64.8 Å². The molecule has 0 aliphatic rings. The maximum Gasteiger partial charge on any atom is 0.283 e. The summed E-state index contributed by atoms with van der Waals surface area (Å²) in [7, 11) is 2.93. The first-order valence-electron chi connectivity index (χ1n) is 4.95. The number of nitrogen functional groups attached to an aromatic ring is 1. The summed E-state index contributed by atoms with van der Waals surface area (Å²) in [4.78, 5) is 16.8. The maximum absolute atomic E-state index is 11.9. The van der Waals surface area contributed by atoms with E-state index >= 15 is 0 Å². The number of hydrogen-bond acceptors (Lipinski definition) is 4. The Labute approximate surface area is 94.7 Å². The molecular weight excluding hydrogens is 208 g/mol. The molecular formula is C11H16N2O3. The Balaban J connectivity index is 3.14. The number of nitrogens with two attached hydrogens (primary N) is 1. The van der Waals surface area contributed by atoms with Crippen LogP contribution in [0, 0.1) is 0 Å². The van der Waals surface area contributed by atoms with Gasteiger partial charge in [0.25, 0.3) is 5.91 Å². The van der Waals surface area contributed by atoms with Crippen LogP contribution in [0.5, 0.6) is 5.75 Å². The van der Waals surface area contributed by atoms with Crippen molar-refractivity contribution in [2.24, 2.45) is 0 Å². The van der Waals surface area contributed by atoms with Crippen molar-refractivity contribution in [1.29, 1.82) is 0 Å². The number of anilines is 1. The monoisotopic (exact) mass is 224 g/mol. The number of carbonyl (C=O) groups excluding carboxylic acids is 1. The number of nitrogens with zero attached hydrogens (tertiary/aromatic N) is 1. The van der Waals surface area contributed by atoms with Gasteiger partial charge >= 0.3 is 0 Å². The molecule has 88 valence electrons. The highest BCUT2D eigenvalue weighted by Gasteiger charge is 2.19. The van der Waals surface area contributed by atoms with Gasteiger partial charge in [-0.15, -0.1) is 0 Å². The molecule has 0 unspecified atom stereocenters. The predicted molar refractivity (Wildman–Crippen MR) is 61.1 cm³/mol. The molecule has 5 heteroatoms. The standard InChI is InChI=1S/C11H16N2O3/c1-4-16-9-7-5-6-8(12)10(9)11(14)13(2)15-3/h5-7H,4,12H2,1-3H3. The van der Waals surface area contributed by atoms with Crippen LogP contribution in [0.15, 0.2) is 18.2 Å². The highest BCUT2D eigenvalue weighted by molar-refractivity contribution is 6.01. The third-order valence-electron chi connectivity index (χ3n) is 2.13. The summed E-state index contributed by atoms with van der Waals surface area (Å²) >= 11 is 0. The Kier molecular flexibility index (Phi) is 4.13. The van der Waals surface area contributed by atoms with Gasteiger partial charge in [-0.2, -0.15) is 0 Å². The quantitative estimate of drug-likeness (QED) is 0.618. The lowest BCUT2D eigenvalue weighted by Gasteiger charge is -2.17. The van der Waals surface area contributed by atoms with Gasteiger partial charge in [-0.3, -0.25) is 9.63 Å². The normalized spacial score (nSPS) is 9.94. The van der Waals surface area contributed by atoms with Crippen LogP contribution in [-0.4, -0.2) is 31.7 Å².